The maximum Gasteiger partial charge on any atom is 0.289 e. The molecule has 4 aromatic rings. The summed E-state index contributed by atoms with van der Waals surface area (Å²) in [6.45, 7) is 6.58. The van der Waals surface area contributed by atoms with E-state index in [-0.39, 0.29) is 5.54 Å². The molecule has 0 radical (unpaired) electrons. The number of halogens is 1. The lowest BCUT2D eigenvalue weighted by molar-refractivity contribution is 0.278. The van der Waals surface area contributed by atoms with Gasteiger partial charge in [0.25, 0.3) is 6.02 Å². The zero-order chi connectivity index (χ0) is 23.7. The van der Waals surface area contributed by atoms with Crippen LogP contribution in [0.25, 0.3) is 10.9 Å². The fourth-order valence-electron chi connectivity index (χ4n) is 3.56. The van der Waals surface area contributed by atoms with Crippen LogP contribution in [0.1, 0.15) is 19.4 Å². The number of pyridine rings is 1. The first kappa shape index (κ1) is 21.9. The van der Waals surface area contributed by atoms with Gasteiger partial charge >= 0.3 is 0 Å². The predicted molar refractivity (Wildman–Crippen MR) is 134 cm³/mol. The van der Waals surface area contributed by atoms with Crippen molar-refractivity contribution >= 4 is 45.7 Å². The van der Waals surface area contributed by atoms with Gasteiger partial charge in [0.15, 0.2) is 0 Å². The minimum Gasteiger partial charge on any atom is -0.462 e. The number of aryl methyl sites for hydroxylation is 1. The number of rotatable bonds is 5. The summed E-state index contributed by atoms with van der Waals surface area (Å²) in [5.41, 5.74) is 3.26. The van der Waals surface area contributed by atoms with Crippen LogP contribution >= 0.6 is 11.6 Å². The third kappa shape index (κ3) is 4.87. The molecule has 5 rings (SSSR count). The van der Waals surface area contributed by atoms with Crippen LogP contribution in [0.15, 0.2) is 66.2 Å². The summed E-state index contributed by atoms with van der Waals surface area (Å²) in [5, 5.41) is 8.02. The molecular formula is C25H23ClN6O2. The minimum absolute atomic E-state index is 0.230. The van der Waals surface area contributed by atoms with Crippen LogP contribution in [-0.4, -0.2) is 33.1 Å². The summed E-state index contributed by atoms with van der Waals surface area (Å²) in [5.74, 6) is 1.99. The van der Waals surface area contributed by atoms with Crippen molar-refractivity contribution in [2.24, 2.45) is 4.99 Å². The number of benzene rings is 2. The van der Waals surface area contributed by atoms with Gasteiger partial charge in [-0.1, -0.05) is 11.6 Å². The Balaban J connectivity index is 1.38. The highest BCUT2D eigenvalue weighted by atomic mass is 35.5. The van der Waals surface area contributed by atoms with Crippen LogP contribution in [0.2, 0.25) is 5.02 Å². The largest absolute Gasteiger partial charge is 0.462 e. The molecule has 0 bridgehead atoms. The van der Waals surface area contributed by atoms with E-state index in [4.69, 9.17) is 21.1 Å². The van der Waals surface area contributed by atoms with Gasteiger partial charge in [-0.3, -0.25) is 4.98 Å². The van der Waals surface area contributed by atoms with Gasteiger partial charge in [0.1, 0.15) is 30.3 Å². The lowest BCUT2D eigenvalue weighted by Crippen LogP contribution is -2.17. The van der Waals surface area contributed by atoms with E-state index in [0.717, 1.165) is 27.8 Å². The maximum atomic E-state index is 6.00. The van der Waals surface area contributed by atoms with Crippen LogP contribution in [0, 0.1) is 6.92 Å². The van der Waals surface area contributed by atoms with Crippen molar-refractivity contribution in [1.82, 2.24) is 15.0 Å². The van der Waals surface area contributed by atoms with Gasteiger partial charge in [-0.05, 0) is 62.7 Å². The summed E-state index contributed by atoms with van der Waals surface area (Å²) in [6, 6.07) is 13.9. The van der Waals surface area contributed by atoms with Crippen molar-refractivity contribution in [2.45, 2.75) is 26.3 Å². The summed E-state index contributed by atoms with van der Waals surface area (Å²) in [7, 11) is 0. The molecule has 1 aliphatic rings. The van der Waals surface area contributed by atoms with Crippen molar-refractivity contribution in [2.75, 3.05) is 17.2 Å². The van der Waals surface area contributed by atoms with Gasteiger partial charge < -0.3 is 20.1 Å². The molecule has 0 amide bonds. The van der Waals surface area contributed by atoms with Crippen LogP contribution in [-0.2, 0) is 4.74 Å². The first-order valence-corrected chi connectivity index (χ1v) is 11.1. The number of aromatic nitrogens is 3. The smallest absolute Gasteiger partial charge is 0.289 e. The lowest BCUT2D eigenvalue weighted by atomic mass is 10.1. The first-order valence-electron chi connectivity index (χ1n) is 10.8. The molecule has 2 aromatic heterocycles. The van der Waals surface area contributed by atoms with E-state index >= 15 is 0 Å². The molecule has 3 heterocycles. The van der Waals surface area contributed by atoms with Crippen molar-refractivity contribution in [1.29, 1.82) is 0 Å². The van der Waals surface area contributed by atoms with Crippen molar-refractivity contribution < 1.29 is 9.47 Å². The van der Waals surface area contributed by atoms with E-state index in [2.05, 4.69) is 30.6 Å². The zero-order valence-electron chi connectivity index (χ0n) is 19.0. The highest BCUT2D eigenvalue weighted by Gasteiger charge is 2.26. The fourth-order valence-corrected chi connectivity index (χ4v) is 3.72. The molecule has 0 aliphatic carbocycles. The van der Waals surface area contributed by atoms with Gasteiger partial charge in [-0.15, -0.1) is 0 Å². The molecule has 2 N–H and O–H groups in total. The molecule has 2 aromatic carbocycles. The topological polar surface area (TPSA) is 93.6 Å². The Morgan fingerprint density at radius 1 is 1.00 bits per heavy atom. The number of aliphatic imine (C=N–C) groups is 1. The van der Waals surface area contributed by atoms with E-state index in [9.17, 15) is 0 Å². The normalized spacial score (nSPS) is 14.4. The molecule has 0 unspecified atom stereocenters. The molecule has 9 heteroatoms. The van der Waals surface area contributed by atoms with Crippen molar-refractivity contribution in [3.05, 3.63) is 71.8 Å². The summed E-state index contributed by atoms with van der Waals surface area (Å²) in [4.78, 5) is 17.5. The quantitative estimate of drug-likeness (QED) is 0.361. The number of nitrogens with one attached hydrogen (secondary N) is 2. The number of amidine groups is 1. The van der Waals surface area contributed by atoms with E-state index in [1.54, 1.807) is 24.8 Å². The van der Waals surface area contributed by atoms with Gasteiger partial charge in [0, 0.05) is 29.0 Å². The number of hydrogen-bond acceptors (Lipinski definition) is 8. The SMILES string of the molecule is Cc1cc(Nc2ncnc3ccc(NC4=NC(C)(C)CO4)cc23)ccc1Oc1cncc(Cl)c1. The van der Waals surface area contributed by atoms with Crippen LogP contribution in [0.4, 0.5) is 17.2 Å². The number of fused-ring (bicyclic) bond motifs is 1. The Morgan fingerprint density at radius 3 is 2.59 bits per heavy atom. The predicted octanol–water partition coefficient (Wildman–Crippen LogP) is 6.10. The monoisotopic (exact) mass is 474 g/mol. The fraction of sp³-hybridized carbons (Fsp3) is 0.200. The maximum absolute atomic E-state index is 6.00. The first-order chi connectivity index (χ1) is 16.3. The third-order valence-corrected chi connectivity index (χ3v) is 5.40. The van der Waals surface area contributed by atoms with Gasteiger partial charge in [0.2, 0.25) is 0 Å². The van der Waals surface area contributed by atoms with Gasteiger partial charge in [-0.25, -0.2) is 15.0 Å². The summed E-state index contributed by atoms with van der Waals surface area (Å²) >= 11 is 6.00. The van der Waals surface area contributed by atoms with E-state index in [1.165, 1.54) is 0 Å². The summed E-state index contributed by atoms with van der Waals surface area (Å²) in [6.07, 6.45) is 4.73. The Kier molecular flexibility index (Phi) is 5.67. The van der Waals surface area contributed by atoms with Crippen molar-refractivity contribution in [3.63, 3.8) is 0 Å². The average Bonchev–Trinajstić information content (AvgIpc) is 3.14. The van der Waals surface area contributed by atoms with E-state index < -0.39 is 0 Å². The molecule has 0 spiro atoms. The van der Waals surface area contributed by atoms with Crippen LogP contribution in [0.5, 0.6) is 11.5 Å². The number of nitrogens with zero attached hydrogens (tertiary/aromatic N) is 4. The molecule has 0 saturated carbocycles. The Hall–Kier alpha value is -3.91. The number of ether oxygens (including phenoxy) is 2. The molecule has 0 fully saturated rings. The Morgan fingerprint density at radius 2 is 1.82 bits per heavy atom. The Bertz CT molecular complexity index is 1410. The second-order valence-electron chi connectivity index (χ2n) is 8.64. The third-order valence-electron chi connectivity index (χ3n) is 5.20. The molecule has 1 aliphatic heterocycles. The summed E-state index contributed by atoms with van der Waals surface area (Å²) < 4.78 is 11.6. The highest BCUT2D eigenvalue weighted by Crippen LogP contribution is 2.31. The van der Waals surface area contributed by atoms with E-state index in [1.807, 2.05) is 57.2 Å². The average molecular weight is 475 g/mol. The highest BCUT2D eigenvalue weighted by molar-refractivity contribution is 6.30. The number of anilines is 3. The standard InChI is InChI=1S/C25H23ClN6O2/c1-15-8-17(5-7-22(15)34-19-9-16(26)11-27-12-19)30-23-20-10-18(4-6-21(20)28-14-29-23)31-24-32-25(2,3)13-33-24/h4-12,14H,13H2,1-3H3,(H,31,32)(H,28,29,30). The molecule has 0 saturated heterocycles. The molecule has 8 nitrogen and oxygen atoms in total. The molecule has 172 valence electrons. The van der Waals surface area contributed by atoms with Crippen LogP contribution < -0.4 is 15.4 Å². The van der Waals surface area contributed by atoms with E-state index in [0.29, 0.717) is 35.0 Å². The minimum atomic E-state index is -0.230. The molecule has 34 heavy (non-hydrogen) atoms. The molecule has 0 atom stereocenters. The zero-order valence-corrected chi connectivity index (χ0v) is 19.7. The molecular weight excluding hydrogens is 452 g/mol. The van der Waals surface area contributed by atoms with Crippen LogP contribution in [0.3, 0.4) is 0 Å². The lowest BCUT2D eigenvalue weighted by Gasteiger charge is -2.13. The van der Waals surface area contributed by atoms with Gasteiger partial charge in [0.05, 0.1) is 22.3 Å². The Labute approximate surface area is 202 Å². The van der Waals surface area contributed by atoms with Gasteiger partial charge in [-0.2, -0.15) is 0 Å². The van der Waals surface area contributed by atoms with Crippen molar-refractivity contribution in [3.8, 4) is 11.5 Å². The number of hydrogen-bond donors (Lipinski definition) is 2. The second kappa shape index (κ2) is 8.79. The second-order valence-corrected chi connectivity index (χ2v) is 9.08.